The number of hydrogen-bond donors (Lipinski definition) is 2. The summed E-state index contributed by atoms with van der Waals surface area (Å²) in [6.07, 6.45) is -2.29. The Labute approximate surface area is 156 Å². The van der Waals surface area contributed by atoms with Gasteiger partial charge in [0.05, 0.1) is 12.8 Å². The third-order valence-corrected chi connectivity index (χ3v) is 1.79. The Morgan fingerprint density at radius 1 is 0.900 bits per heavy atom. The molecule has 20 heavy (non-hydrogen) atoms. The summed E-state index contributed by atoms with van der Waals surface area (Å²) in [6, 6.07) is 0. The van der Waals surface area contributed by atoms with Crippen molar-refractivity contribution in [2.45, 2.75) is 32.3 Å². The van der Waals surface area contributed by atoms with Crippen LogP contribution in [0.25, 0.3) is 0 Å². The molecule has 0 radical (unpaired) electrons. The van der Waals surface area contributed by atoms with E-state index in [0.29, 0.717) is 0 Å². The molecule has 9 nitrogen and oxygen atoms in total. The molecule has 2 N–H and O–H groups in total. The van der Waals surface area contributed by atoms with Gasteiger partial charge in [-0.1, -0.05) is 0 Å². The zero-order valence-electron chi connectivity index (χ0n) is 10.2. The summed E-state index contributed by atoms with van der Waals surface area (Å²) in [5.41, 5.74) is -2.82. The van der Waals surface area contributed by atoms with Gasteiger partial charge in [0, 0.05) is 13.8 Å². The Kier molecular flexibility index (Phi) is 10.1. The average Bonchev–Trinajstić information content (AvgIpc) is 2.12. The molecule has 0 fully saturated rings. The second kappa shape index (κ2) is 9.31. The first-order valence-corrected chi connectivity index (χ1v) is 4.95. The van der Waals surface area contributed by atoms with Crippen LogP contribution >= 0.6 is 0 Å². The summed E-state index contributed by atoms with van der Waals surface area (Å²) in [6.45, 7) is 1.81. The second-order valence-corrected chi connectivity index (χ2v) is 3.62. The van der Waals surface area contributed by atoms with Gasteiger partial charge in [-0.2, -0.15) is 0 Å². The van der Waals surface area contributed by atoms with Crippen LogP contribution in [0.5, 0.6) is 0 Å². The SMILES string of the molecule is CC(=O)OC(=O)CC(O)(CC(=O)OC(C)=O)C(=O)O.[KH]. The van der Waals surface area contributed by atoms with E-state index in [-0.39, 0.29) is 51.4 Å². The molecule has 0 heterocycles. The van der Waals surface area contributed by atoms with Crippen LogP contribution in [0.15, 0.2) is 0 Å². The molecule has 0 aliphatic heterocycles. The van der Waals surface area contributed by atoms with Gasteiger partial charge in [-0.05, 0) is 0 Å². The summed E-state index contributed by atoms with van der Waals surface area (Å²) in [4.78, 5) is 54.0. The van der Waals surface area contributed by atoms with Crippen molar-refractivity contribution in [3.05, 3.63) is 0 Å². The molecule has 0 saturated heterocycles. The molecular formula is C10H13KO9. The first-order chi connectivity index (χ1) is 8.56. The number of rotatable bonds is 5. The third-order valence-electron chi connectivity index (χ3n) is 1.79. The molecule has 0 aromatic heterocycles. The van der Waals surface area contributed by atoms with Crippen LogP contribution in [0.4, 0.5) is 0 Å². The fourth-order valence-electron chi connectivity index (χ4n) is 1.08. The van der Waals surface area contributed by atoms with Gasteiger partial charge in [0.15, 0.2) is 5.60 Å². The number of carboxylic acid groups (broad SMARTS) is 1. The molecule has 0 aromatic rings. The molecule has 0 spiro atoms. The number of ether oxygens (including phenoxy) is 2. The maximum absolute atomic E-state index is 11.1. The van der Waals surface area contributed by atoms with Crippen molar-refractivity contribution in [2.75, 3.05) is 0 Å². The topological polar surface area (TPSA) is 144 Å². The van der Waals surface area contributed by atoms with E-state index in [9.17, 15) is 29.1 Å². The summed E-state index contributed by atoms with van der Waals surface area (Å²) >= 11 is 0. The van der Waals surface area contributed by atoms with Crippen molar-refractivity contribution in [1.29, 1.82) is 0 Å². The van der Waals surface area contributed by atoms with E-state index in [1.54, 1.807) is 0 Å². The van der Waals surface area contributed by atoms with E-state index in [0.717, 1.165) is 13.8 Å². The standard InChI is InChI=1S/C10H12O9.K.H/c1-5(11)18-7(13)3-10(17,9(15)16)4-8(14)19-6(2)12;;/h17H,3-4H2,1-2H3,(H,15,16);;. The first-order valence-electron chi connectivity index (χ1n) is 4.95. The summed E-state index contributed by atoms with van der Waals surface area (Å²) in [5, 5.41) is 18.4. The van der Waals surface area contributed by atoms with Gasteiger partial charge in [-0.3, -0.25) is 19.2 Å². The van der Waals surface area contributed by atoms with Crippen LogP contribution in [0, 0.1) is 0 Å². The van der Waals surface area contributed by atoms with E-state index in [4.69, 9.17) is 5.11 Å². The van der Waals surface area contributed by atoms with Crippen molar-refractivity contribution < 1.29 is 43.7 Å². The molecule has 0 amide bonds. The third kappa shape index (κ3) is 8.50. The number of esters is 4. The number of hydrogen-bond acceptors (Lipinski definition) is 8. The van der Waals surface area contributed by atoms with Crippen molar-refractivity contribution in [1.82, 2.24) is 0 Å². The van der Waals surface area contributed by atoms with Crippen molar-refractivity contribution in [3.63, 3.8) is 0 Å². The van der Waals surface area contributed by atoms with Gasteiger partial charge in [-0.25, -0.2) is 4.79 Å². The van der Waals surface area contributed by atoms with Crippen molar-refractivity contribution >= 4 is 81.2 Å². The first kappa shape index (κ1) is 21.6. The Morgan fingerprint density at radius 3 is 1.40 bits per heavy atom. The number of carbonyl (C=O) groups excluding carboxylic acids is 4. The molecule has 0 aliphatic rings. The number of carbonyl (C=O) groups is 5. The Hall–Kier alpha value is -0.654. The summed E-state index contributed by atoms with van der Waals surface area (Å²) < 4.78 is 8.08. The quantitative estimate of drug-likeness (QED) is 0.338. The molecule has 0 atom stereocenters. The molecule has 0 aromatic carbocycles. The molecule has 0 aliphatic carbocycles. The van der Waals surface area contributed by atoms with Crippen LogP contribution in [-0.2, 0) is 33.4 Å². The van der Waals surface area contributed by atoms with Gasteiger partial charge in [0.2, 0.25) is 0 Å². The Balaban J connectivity index is 0. The summed E-state index contributed by atoms with van der Waals surface area (Å²) in [5.74, 6) is -6.54. The van der Waals surface area contributed by atoms with Gasteiger partial charge in [0.1, 0.15) is 0 Å². The number of carboxylic acids is 1. The second-order valence-electron chi connectivity index (χ2n) is 3.62. The van der Waals surface area contributed by atoms with Gasteiger partial charge in [-0.15, -0.1) is 0 Å². The molecule has 10 heteroatoms. The monoisotopic (exact) mass is 316 g/mol. The fourth-order valence-corrected chi connectivity index (χ4v) is 1.08. The average molecular weight is 316 g/mol. The van der Waals surface area contributed by atoms with Crippen molar-refractivity contribution in [2.24, 2.45) is 0 Å². The molecule has 0 rings (SSSR count). The predicted molar refractivity (Wildman–Crippen MR) is 62.5 cm³/mol. The zero-order chi connectivity index (χ0) is 15.2. The van der Waals surface area contributed by atoms with Crippen LogP contribution in [0.1, 0.15) is 26.7 Å². The Morgan fingerprint density at radius 2 is 1.20 bits per heavy atom. The molecule has 0 bridgehead atoms. The van der Waals surface area contributed by atoms with Gasteiger partial charge in [0.25, 0.3) is 0 Å². The Bertz CT molecular complexity index is 398. The minimum absolute atomic E-state index is 0. The summed E-state index contributed by atoms with van der Waals surface area (Å²) in [7, 11) is 0. The maximum atomic E-state index is 11.1. The molecule has 0 unspecified atom stereocenters. The fraction of sp³-hybridized carbons (Fsp3) is 0.500. The molecular weight excluding hydrogens is 303 g/mol. The van der Waals surface area contributed by atoms with E-state index >= 15 is 0 Å². The molecule has 0 saturated carbocycles. The normalized spacial score (nSPS) is 9.95. The van der Waals surface area contributed by atoms with Gasteiger partial charge >= 0.3 is 81.2 Å². The van der Waals surface area contributed by atoms with Crippen LogP contribution in [-0.4, -0.2) is 97.0 Å². The van der Waals surface area contributed by atoms with E-state index in [2.05, 4.69) is 9.47 Å². The van der Waals surface area contributed by atoms with Gasteiger partial charge < -0.3 is 19.7 Å². The predicted octanol–water partition coefficient (Wildman–Crippen LogP) is -1.89. The number of aliphatic hydroxyl groups is 1. The van der Waals surface area contributed by atoms with Crippen LogP contribution < -0.4 is 0 Å². The number of aliphatic carboxylic acids is 1. The van der Waals surface area contributed by atoms with E-state index < -0.39 is 48.3 Å². The van der Waals surface area contributed by atoms with Crippen LogP contribution in [0.3, 0.4) is 0 Å². The van der Waals surface area contributed by atoms with E-state index in [1.807, 2.05) is 0 Å². The molecule has 108 valence electrons. The van der Waals surface area contributed by atoms with Crippen LogP contribution in [0.2, 0.25) is 0 Å². The van der Waals surface area contributed by atoms with Crippen molar-refractivity contribution in [3.8, 4) is 0 Å². The van der Waals surface area contributed by atoms with E-state index in [1.165, 1.54) is 0 Å². The zero-order valence-corrected chi connectivity index (χ0v) is 10.2. The minimum atomic E-state index is -2.82.